The van der Waals surface area contributed by atoms with Crippen LogP contribution in [0.15, 0.2) is 42.5 Å². The monoisotopic (exact) mass is 283 g/mol. The number of hydrogen-bond donors (Lipinski definition) is 2. The van der Waals surface area contributed by atoms with Gasteiger partial charge in [-0.15, -0.1) is 0 Å². The van der Waals surface area contributed by atoms with Gasteiger partial charge >= 0.3 is 0 Å². The maximum atomic E-state index is 12.1. The number of likely N-dealkylation sites (N-methyl/N-ethyl adjacent to an activating group) is 1. The van der Waals surface area contributed by atoms with E-state index in [1.54, 1.807) is 6.07 Å². The van der Waals surface area contributed by atoms with Gasteiger partial charge in [0.2, 0.25) is 5.91 Å². The lowest BCUT2D eigenvalue weighted by atomic mass is 10.2. The number of nitrogens with one attached hydrogen (secondary N) is 1. The molecular weight excluding hydrogens is 262 g/mol. The lowest BCUT2D eigenvalue weighted by Gasteiger charge is -2.20. The van der Waals surface area contributed by atoms with Crippen LogP contribution in [0.25, 0.3) is 0 Å². The number of para-hydroxylation sites is 1. The van der Waals surface area contributed by atoms with E-state index in [9.17, 15) is 4.79 Å². The van der Waals surface area contributed by atoms with E-state index in [1.807, 2.05) is 62.2 Å². The molecule has 110 valence electrons. The molecule has 21 heavy (non-hydrogen) atoms. The molecule has 0 aliphatic rings. The van der Waals surface area contributed by atoms with E-state index >= 15 is 0 Å². The van der Waals surface area contributed by atoms with Crippen LogP contribution < -0.4 is 16.0 Å². The van der Waals surface area contributed by atoms with Crippen molar-refractivity contribution >= 4 is 23.0 Å². The SMILES string of the molecule is Cc1ccc(NC(=O)CN(C)c2ccccc2C)cc1N. The minimum Gasteiger partial charge on any atom is -0.398 e. The third-order valence-corrected chi connectivity index (χ3v) is 3.47. The number of hydrogen-bond acceptors (Lipinski definition) is 3. The first-order valence-electron chi connectivity index (χ1n) is 6.90. The topological polar surface area (TPSA) is 58.4 Å². The molecule has 2 aromatic rings. The van der Waals surface area contributed by atoms with Gasteiger partial charge < -0.3 is 16.0 Å². The highest BCUT2D eigenvalue weighted by Gasteiger charge is 2.09. The number of amides is 1. The van der Waals surface area contributed by atoms with Crippen LogP contribution in [-0.4, -0.2) is 19.5 Å². The van der Waals surface area contributed by atoms with E-state index in [0.29, 0.717) is 12.2 Å². The molecular formula is C17H21N3O. The van der Waals surface area contributed by atoms with Gasteiger partial charge in [0, 0.05) is 24.1 Å². The molecule has 0 aliphatic heterocycles. The summed E-state index contributed by atoms with van der Waals surface area (Å²) in [4.78, 5) is 14.0. The average molecular weight is 283 g/mol. The molecule has 3 N–H and O–H groups in total. The fraction of sp³-hybridized carbons (Fsp3) is 0.235. The van der Waals surface area contributed by atoms with Crippen LogP contribution in [-0.2, 0) is 4.79 Å². The number of nitrogens with zero attached hydrogens (tertiary/aromatic N) is 1. The standard InChI is InChI=1S/C17H21N3O/c1-12-8-9-14(10-15(12)18)19-17(21)11-20(3)16-7-5-4-6-13(16)2/h4-10H,11,18H2,1-3H3,(H,19,21). The predicted octanol–water partition coefficient (Wildman–Crippen LogP) is 2.96. The minimum atomic E-state index is -0.0657. The first-order chi connectivity index (χ1) is 9.97. The molecule has 0 unspecified atom stereocenters. The Hall–Kier alpha value is -2.49. The lowest BCUT2D eigenvalue weighted by molar-refractivity contribution is -0.114. The van der Waals surface area contributed by atoms with Crippen molar-refractivity contribution < 1.29 is 4.79 Å². The summed E-state index contributed by atoms with van der Waals surface area (Å²) < 4.78 is 0. The van der Waals surface area contributed by atoms with Gasteiger partial charge in [-0.2, -0.15) is 0 Å². The Kier molecular flexibility index (Phi) is 4.48. The summed E-state index contributed by atoms with van der Waals surface area (Å²) in [6.45, 7) is 4.26. The summed E-state index contributed by atoms with van der Waals surface area (Å²) in [6.07, 6.45) is 0. The third kappa shape index (κ3) is 3.75. The first-order valence-corrected chi connectivity index (χ1v) is 6.90. The summed E-state index contributed by atoms with van der Waals surface area (Å²) in [7, 11) is 1.91. The number of nitrogen functional groups attached to an aromatic ring is 1. The van der Waals surface area contributed by atoms with E-state index in [4.69, 9.17) is 5.73 Å². The Morgan fingerprint density at radius 2 is 1.86 bits per heavy atom. The van der Waals surface area contributed by atoms with Crippen molar-refractivity contribution in [3.05, 3.63) is 53.6 Å². The summed E-state index contributed by atoms with van der Waals surface area (Å²) in [5.74, 6) is -0.0657. The van der Waals surface area contributed by atoms with Gasteiger partial charge in [-0.05, 0) is 43.2 Å². The number of nitrogens with two attached hydrogens (primary N) is 1. The average Bonchev–Trinajstić information content (AvgIpc) is 2.43. The molecule has 0 saturated carbocycles. The van der Waals surface area contributed by atoms with Crippen molar-refractivity contribution in [3.8, 4) is 0 Å². The molecule has 0 aliphatic carbocycles. The van der Waals surface area contributed by atoms with Crippen LogP contribution in [0.5, 0.6) is 0 Å². The van der Waals surface area contributed by atoms with Gasteiger partial charge in [-0.1, -0.05) is 24.3 Å². The Morgan fingerprint density at radius 1 is 1.14 bits per heavy atom. The number of aryl methyl sites for hydroxylation is 2. The second-order valence-corrected chi connectivity index (χ2v) is 5.26. The van der Waals surface area contributed by atoms with Crippen molar-refractivity contribution in [2.24, 2.45) is 0 Å². The van der Waals surface area contributed by atoms with Crippen molar-refractivity contribution in [2.75, 3.05) is 29.5 Å². The largest absolute Gasteiger partial charge is 0.398 e. The zero-order valence-electron chi connectivity index (χ0n) is 12.7. The number of benzene rings is 2. The number of anilines is 3. The maximum absolute atomic E-state index is 12.1. The Balaban J connectivity index is 2.01. The molecule has 0 radical (unpaired) electrons. The second kappa shape index (κ2) is 6.31. The van der Waals surface area contributed by atoms with E-state index in [-0.39, 0.29) is 5.91 Å². The zero-order valence-corrected chi connectivity index (χ0v) is 12.7. The molecule has 4 nitrogen and oxygen atoms in total. The van der Waals surface area contributed by atoms with Crippen molar-refractivity contribution in [2.45, 2.75) is 13.8 Å². The van der Waals surface area contributed by atoms with Crippen molar-refractivity contribution in [1.82, 2.24) is 0 Å². The lowest BCUT2D eigenvalue weighted by Crippen LogP contribution is -2.30. The van der Waals surface area contributed by atoms with Crippen LogP contribution in [0.2, 0.25) is 0 Å². The highest BCUT2D eigenvalue weighted by atomic mass is 16.2. The van der Waals surface area contributed by atoms with Crippen molar-refractivity contribution in [1.29, 1.82) is 0 Å². The molecule has 0 heterocycles. The Bertz CT molecular complexity index is 652. The van der Waals surface area contributed by atoms with Gasteiger partial charge in [0.1, 0.15) is 0 Å². The molecule has 1 amide bonds. The molecule has 0 saturated heterocycles. The highest BCUT2D eigenvalue weighted by Crippen LogP contribution is 2.19. The fourth-order valence-corrected chi connectivity index (χ4v) is 2.21. The van der Waals surface area contributed by atoms with Crippen LogP contribution in [0.4, 0.5) is 17.1 Å². The normalized spacial score (nSPS) is 10.2. The summed E-state index contributed by atoms with van der Waals surface area (Å²) in [5.41, 5.74) is 10.5. The summed E-state index contributed by atoms with van der Waals surface area (Å²) >= 11 is 0. The zero-order chi connectivity index (χ0) is 15.4. The Morgan fingerprint density at radius 3 is 2.52 bits per heavy atom. The molecule has 4 heteroatoms. The summed E-state index contributed by atoms with van der Waals surface area (Å²) in [6, 6.07) is 13.5. The van der Waals surface area contributed by atoms with Crippen LogP contribution in [0.3, 0.4) is 0 Å². The van der Waals surface area contributed by atoms with E-state index in [1.165, 1.54) is 0 Å². The molecule has 0 bridgehead atoms. The molecule has 2 rings (SSSR count). The number of carbonyl (C=O) groups excluding carboxylic acids is 1. The van der Waals surface area contributed by atoms with Crippen LogP contribution in [0, 0.1) is 13.8 Å². The van der Waals surface area contributed by atoms with E-state index < -0.39 is 0 Å². The van der Waals surface area contributed by atoms with Gasteiger partial charge in [0.25, 0.3) is 0 Å². The first kappa shape index (κ1) is 14.9. The predicted molar refractivity (Wildman–Crippen MR) is 88.7 cm³/mol. The van der Waals surface area contributed by atoms with Gasteiger partial charge in [0.15, 0.2) is 0 Å². The summed E-state index contributed by atoms with van der Waals surface area (Å²) in [5, 5.41) is 2.87. The minimum absolute atomic E-state index is 0.0657. The van der Waals surface area contributed by atoms with E-state index in [2.05, 4.69) is 5.32 Å². The quantitative estimate of drug-likeness (QED) is 0.848. The van der Waals surface area contributed by atoms with Crippen LogP contribution in [0.1, 0.15) is 11.1 Å². The van der Waals surface area contributed by atoms with Crippen molar-refractivity contribution in [3.63, 3.8) is 0 Å². The molecule has 0 fully saturated rings. The second-order valence-electron chi connectivity index (χ2n) is 5.26. The van der Waals surface area contributed by atoms with E-state index in [0.717, 1.165) is 22.5 Å². The van der Waals surface area contributed by atoms with Gasteiger partial charge in [-0.3, -0.25) is 4.79 Å². The Labute approximate surface area is 125 Å². The van der Waals surface area contributed by atoms with Gasteiger partial charge in [-0.25, -0.2) is 0 Å². The third-order valence-electron chi connectivity index (χ3n) is 3.47. The highest BCUT2D eigenvalue weighted by molar-refractivity contribution is 5.94. The van der Waals surface area contributed by atoms with Crippen LogP contribution >= 0.6 is 0 Å². The number of rotatable bonds is 4. The molecule has 0 atom stereocenters. The number of carbonyl (C=O) groups is 1. The molecule has 2 aromatic carbocycles. The maximum Gasteiger partial charge on any atom is 0.243 e. The molecule has 0 spiro atoms. The smallest absolute Gasteiger partial charge is 0.243 e. The molecule has 0 aromatic heterocycles. The fourth-order valence-electron chi connectivity index (χ4n) is 2.21. The van der Waals surface area contributed by atoms with Gasteiger partial charge in [0.05, 0.1) is 6.54 Å².